The van der Waals surface area contributed by atoms with Gasteiger partial charge in [-0.1, -0.05) is 23.5 Å². The maximum Gasteiger partial charge on any atom is 0.321 e. The average molecular weight is 355 g/mol. The van der Waals surface area contributed by atoms with Crippen LogP contribution in [-0.4, -0.2) is 35.2 Å². The van der Waals surface area contributed by atoms with Crippen LogP contribution in [0.15, 0.2) is 24.3 Å². The number of aromatic amines is 1. The van der Waals surface area contributed by atoms with Gasteiger partial charge in [-0.15, -0.1) is 5.10 Å². The number of benzene rings is 1. The molecule has 1 aromatic carbocycles. The number of hydrogen-bond acceptors (Lipinski definition) is 5. The molecule has 0 aliphatic carbocycles. The van der Waals surface area contributed by atoms with Gasteiger partial charge < -0.3 is 10.6 Å². The van der Waals surface area contributed by atoms with Crippen LogP contribution in [0.2, 0.25) is 0 Å². The molecule has 2 rings (SSSR count). The van der Waals surface area contributed by atoms with Crippen LogP contribution in [0, 0.1) is 9.77 Å². The molecule has 0 aliphatic rings. The minimum Gasteiger partial charge on any atom is -0.357 e. The number of rotatable bonds is 5. The lowest BCUT2D eigenvalue weighted by molar-refractivity contribution is -0.122. The Hall–Kier alpha value is -2.33. The first kappa shape index (κ1) is 17.0. The lowest BCUT2D eigenvalue weighted by Crippen LogP contribution is -2.48. The number of amides is 3. The van der Waals surface area contributed by atoms with E-state index in [1.807, 2.05) is 0 Å². The molecule has 10 heteroatoms. The summed E-state index contributed by atoms with van der Waals surface area (Å²) < 4.78 is 13.4. The molecule has 4 N–H and O–H groups in total. The molecule has 0 spiro atoms. The fourth-order valence-corrected chi connectivity index (χ4v) is 2.60. The Morgan fingerprint density at radius 3 is 2.65 bits per heavy atom. The van der Waals surface area contributed by atoms with Gasteiger partial charge in [0.25, 0.3) is 0 Å². The van der Waals surface area contributed by atoms with Gasteiger partial charge in [-0.05, 0) is 29.9 Å². The number of nitrogens with zero attached hydrogens (tertiary/aromatic N) is 1. The van der Waals surface area contributed by atoms with Crippen molar-refractivity contribution in [1.82, 2.24) is 20.8 Å². The van der Waals surface area contributed by atoms with Crippen molar-refractivity contribution in [3.05, 3.63) is 39.6 Å². The van der Waals surface area contributed by atoms with Crippen LogP contribution >= 0.6 is 23.6 Å². The van der Waals surface area contributed by atoms with Crippen molar-refractivity contribution in [3.8, 4) is 0 Å². The van der Waals surface area contributed by atoms with Gasteiger partial charge in [0.15, 0.2) is 3.95 Å². The van der Waals surface area contributed by atoms with E-state index >= 15 is 0 Å². The molecule has 3 amide bonds. The number of carbonyl (C=O) groups excluding carboxylic acids is 2. The zero-order valence-corrected chi connectivity index (χ0v) is 13.7. The lowest BCUT2D eigenvalue weighted by Gasteiger charge is -2.17. The summed E-state index contributed by atoms with van der Waals surface area (Å²) in [7, 11) is 1.47. The molecule has 0 aliphatic heterocycles. The number of halogens is 1. The topological polar surface area (TPSA) is 98.9 Å². The average Bonchev–Trinajstić information content (AvgIpc) is 2.92. The van der Waals surface area contributed by atoms with Gasteiger partial charge in [-0.2, -0.15) is 0 Å². The van der Waals surface area contributed by atoms with Crippen molar-refractivity contribution in [3.63, 3.8) is 0 Å². The minimum atomic E-state index is -0.808. The molecule has 122 valence electrons. The first-order valence-corrected chi connectivity index (χ1v) is 7.79. The highest BCUT2D eigenvalue weighted by Gasteiger charge is 2.20. The highest BCUT2D eigenvalue weighted by atomic mass is 32.1. The van der Waals surface area contributed by atoms with E-state index in [-0.39, 0.29) is 18.1 Å². The first-order valence-electron chi connectivity index (χ1n) is 6.57. The molecular weight excluding hydrogens is 341 g/mol. The van der Waals surface area contributed by atoms with E-state index in [0.29, 0.717) is 9.09 Å². The van der Waals surface area contributed by atoms with Crippen molar-refractivity contribution in [2.75, 3.05) is 12.4 Å². The Kier molecular flexibility index (Phi) is 5.77. The maximum absolute atomic E-state index is 12.9. The summed E-state index contributed by atoms with van der Waals surface area (Å²) in [5, 5.41) is 14.1. The summed E-state index contributed by atoms with van der Waals surface area (Å²) in [5.41, 5.74) is 0.718. The van der Waals surface area contributed by atoms with E-state index < -0.39 is 12.1 Å². The molecule has 1 heterocycles. The molecule has 0 saturated carbocycles. The van der Waals surface area contributed by atoms with Crippen molar-refractivity contribution in [2.24, 2.45) is 0 Å². The van der Waals surface area contributed by atoms with E-state index in [9.17, 15) is 14.0 Å². The number of carbonyl (C=O) groups is 2. The number of likely N-dealkylation sites (N-methyl/N-ethyl adjacent to an activating group) is 1. The summed E-state index contributed by atoms with van der Waals surface area (Å²) in [4.78, 5) is 23.9. The minimum absolute atomic E-state index is 0.226. The van der Waals surface area contributed by atoms with Gasteiger partial charge in [0.1, 0.15) is 11.9 Å². The predicted octanol–water partition coefficient (Wildman–Crippen LogP) is 1.82. The quantitative estimate of drug-likeness (QED) is 0.615. The largest absolute Gasteiger partial charge is 0.357 e. The maximum atomic E-state index is 12.9. The van der Waals surface area contributed by atoms with Gasteiger partial charge in [0.05, 0.1) is 0 Å². The first-order chi connectivity index (χ1) is 11.0. The second kappa shape index (κ2) is 7.79. The molecule has 0 unspecified atom stereocenters. The molecule has 2 aromatic rings. The highest BCUT2D eigenvalue weighted by molar-refractivity contribution is 7.73. The van der Waals surface area contributed by atoms with Crippen LogP contribution < -0.4 is 16.0 Å². The van der Waals surface area contributed by atoms with E-state index in [0.717, 1.165) is 16.9 Å². The molecule has 1 atom stereocenters. The number of H-pyrrole nitrogens is 1. The van der Waals surface area contributed by atoms with E-state index in [2.05, 4.69) is 26.1 Å². The Balaban J connectivity index is 2.03. The van der Waals surface area contributed by atoms with Crippen LogP contribution in [0.25, 0.3) is 0 Å². The van der Waals surface area contributed by atoms with Crippen LogP contribution in [0.1, 0.15) is 5.56 Å². The highest BCUT2D eigenvalue weighted by Crippen LogP contribution is 2.11. The Bertz CT molecular complexity index is 743. The van der Waals surface area contributed by atoms with Gasteiger partial charge in [0, 0.05) is 13.5 Å². The summed E-state index contributed by atoms with van der Waals surface area (Å²) >= 11 is 5.96. The number of urea groups is 1. The molecule has 0 bridgehead atoms. The Morgan fingerprint density at radius 2 is 2.09 bits per heavy atom. The van der Waals surface area contributed by atoms with Crippen LogP contribution in [0.5, 0.6) is 0 Å². The number of nitrogens with one attached hydrogen (secondary N) is 4. The van der Waals surface area contributed by atoms with Crippen LogP contribution in [-0.2, 0) is 11.2 Å². The fourth-order valence-electron chi connectivity index (χ4n) is 1.81. The number of anilines is 1. The van der Waals surface area contributed by atoms with E-state index in [1.54, 1.807) is 12.1 Å². The molecular formula is C13H14FN5O2S2. The zero-order valence-electron chi connectivity index (χ0n) is 12.1. The third-order valence-corrected chi connectivity index (χ3v) is 3.88. The third kappa shape index (κ3) is 5.11. The lowest BCUT2D eigenvalue weighted by atomic mass is 10.1. The summed E-state index contributed by atoms with van der Waals surface area (Å²) in [5.74, 6) is -0.727. The molecule has 0 saturated heterocycles. The monoisotopic (exact) mass is 355 g/mol. The molecule has 0 fully saturated rings. The van der Waals surface area contributed by atoms with Crippen molar-refractivity contribution < 1.29 is 14.0 Å². The van der Waals surface area contributed by atoms with Crippen molar-refractivity contribution in [1.29, 1.82) is 0 Å². The SMILES string of the molecule is CNC(=O)[C@H](Cc1ccc(F)cc1)NC(=O)Nc1n[nH]c(=S)s1. The summed E-state index contributed by atoms with van der Waals surface area (Å²) in [6, 6.07) is 4.32. The second-order valence-corrected chi connectivity index (χ2v) is 6.18. The molecule has 7 nitrogen and oxygen atoms in total. The number of aromatic nitrogens is 2. The van der Waals surface area contributed by atoms with Crippen molar-refractivity contribution in [2.45, 2.75) is 12.5 Å². The normalized spacial score (nSPS) is 11.6. The third-order valence-electron chi connectivity index (χ3n) is 2.88. The van der Waals surface area contributed by atoms with Gasteiger partial charge in [0.2, 0.25) is 11.0 Å². The smallest absolute Gasteiger partial charge is 0.321 e. The second-order valence-electron chi connectivity index (χ2n) is 4.51. The fraction of sp³-hybridized carbons (Fsp3) is 0.231. The molecule has 23 heavy (non-hydrogen) atoms. The van der Waals surface area contributed by atoms with Crippen LogP contribution in [0.3, 0.4) is 0 Å². The molecule has 1 aromatic heterocycles. The zero-order chi connectivity index (χ0) is 16.8. The summed E-state index contributed by atoms with van der Waals surface area (Å²) in [6.45, 7) is 0. The van der Waals surface area contributed by atoms with Crippen LogP contribution in [0.4, 0.5) is 14.3 Å². The summed E-state index contributed by atoms with van der Waals surface area (Å²) in [6.07, 6.45) is 0.226. The van der Waals surface area contributed by atoms with Crippen molar-refractivity contribution >= 4 is 40.6 Å². The van der Waals surface area contributed by atoms with E-state index in [4.69, 9.17) is 12.2 Å². The Labute approximate surface area is 140 Å². The van der Waals surface area contributed by atoms with Gasteiger partial charge in [-0.25, -0.2) is 9.18 Å². The molecule has 0 radical (unpaired) electrons. The standard InChI is InChI=1S/C13H14FN5O2S2/c1-15-10(20)9(6-7-2-4-8(14)5-3-7)16-11(21)17-12-18-19-13(22)23-12/h2-5,9H,6H2,1H3,(H,15,20)(H,19,22)(H2,16,17,18,21)/t9-/m0/s1. The van der Waals surface area contributed by atoms with Gasteiger partial charge >= 0.3 is 6.03 Å². The number of hydrogen-bond donors (Lipinski definition) is 4. The van der Waals surface area contributed by atoms with Gasteiger partial charge in [-0.3, -0.25) is 15.2 Å². The Morgan fingerprint density at radius 1 is 1.39 bits per heavy atom. The van der Waals surface area contributed by atoms with E-state index in [1.165, 1.54) is 19.2 Å². The predicted molar refractivity (Wildman–Crippen MR) is 87.4 cm³/mol.